The number of benzene rings is 1. The van der Waals surface area contributed by atoms with Crippen molar-refractivity contribution < 1.29 is 45.7 Å². The summed E-state index contributed by atoms with van der Waals surface area (Å²) in [6.45, 7) is 3.95. The number of ether oxygens (including phenoxy) is 2. The summed E-state index contributed by atoms with van der Waals surface area (Å²) in [5.41, 5.74) is 0.672. The number of piperidine rings is 1. The van der Waals surface area contributed by atoms with E-state index in [2.05, 4.69) is 22.3 Å². The van der Waals surface area contributed by atoms with Gasteiger partial charge in [0.2, 0.25) is 0 Å². The standard InChI is InChI=1S/C14H19F3N2O2.C2HF3O2/c1-9-8-18-6-5-11(9)19-12-4-3-10(7-13(12)20-2)21-14(15,16)17;3-2(4,5)1(6)7/h3-4,7,9,11,18-19H,5-6,8H2,1-2H3;(H,6,7). The van der Waals surface area contributed by atoms with Gasteiger partial charge in [0.15, 0.2) is 0 Å². The van der Waals surface area contributed by atoms with Crippen LogP contribution in [0.4, 0.5) is 32.0 Å². The highest BCUT2D eigenvalue weighted by molar-refractivity contribution is 5.73. The van der Waals surface area contributed by atoms with E-state index in [0.717, 1.165) is 19.5 Å². The Morgan fingerprint density at radius 2 is 1.86 bits per heavy atom. The third kappa shape index (κ3) is 8.11. The molecule has 1 saturated heterocycles. The zero-order valence-corrected chi connectivity index (χ0v) is 14.9. The smallest absolute Gasteiger partial charge is 0.494 e. The van der Waals surface area contributed by atoms with Crippen molar-refractivity contribution in [2.75, 3.05) is 25.5 Å². The van der Waals surface area contributed by atoms with E-state index >= 15 is 0 Å². The predicted octanol–water partition coefficient (Wildman–Crippen LogP) is 3.64. The molecule has 1 heterocycles. The number of anilines is 1. The lowest BCUT2D eigenvalue weighted by Gasteiger charge is -2.31. The van der Waals surface area contributed by atoms with E-state index in [0.29, 0.717) is 17.4 Å². The summed E-state index contributed by atoms with van der Waals surface area (Å²) >= 11 is 0. The molecule has 3 N–H and O–H groups in total. The maximum atomic E-state index is 12.2. The van der Waals surface area contributed by atoms with E-state index in [4.69, 9.17) is 14.6 Å². The SMILES string of the molecule is COc1cc(OC(F)(F)F)ccc1NC1CCNCC1C.O=C(O)C(F)(F)F. The first-order valence-corrected chi connectivity index (χ1v) is 8.04. The molecule has 0 aromatic heterocycles. The van der Waals surface area contributed by atoms with Gasteiger partial charge in [0.25, 0.3) is 0 Å². The van der Waals surface area contributed by atoms with E-state index in [1.807, 2.05) is 0 Å². The predicted molar refractivity (Wildman–Crippen MR) is 87.4 cm³/mol. The van der Waals surface area contributed by atoms with E-state index in [-0.39, 0.29) is 11.8 Å². The monoisotopic (exact) mass is 418 g/mol. The summed E-state index contributed by atoms with van der Waals surface area (Å²) in [6.07, 6.45) is -8.84. The van der Waals surface area contributed by atoms with Crippen LogP contribution in [0.3, 0.4) is 0 Å². The van der Waals surface area contributed by atoms with Crippen LogP contribution in [0.1, 0.15) is 13.3 Å². The molecule has 1 aliphatic rings. The summed E-state index contributed by atoms with van der Waals surface area (Å²) in [7, 11) is 1.42. The number of alkyl halides is 6. The van der Waals surface area contributed by atoms with Crippen LogP contribution >= 0.6 is 0 Å². The number of hydrogen-bond acceptors (Lipinski definition) is 5. The molecule has 0 aliphatic carbocycles. The van der Waals surface area contributed by atoms with Gasteiger partial charge < -0.3 is 25.2 Å². The summed E-state index contributed by atoms with van der Waals surface area (Å²) in [4.78, 5) is 8.90. The Morgan fingerprint density at radius 3 is 2.32 bits per heavy atom. The van der Waals surface area contributed by atoms with Gasteiger partial charge in [-0.05, 0) is 37.6 Å². The molecule has 1 fully saturated rings. The van der Waals surface area contributed by atoms with Crippen molar-refractivity contribution in [3.63, 3.8) is 0 Å². The number of hydrogen-bond donors (Lipinski definition) is 3. The Bertz CT molecular complexity index is 651. The minimum atomic E-state index is -5.08. The Morgan fingerprint density at radius 1 is 1.25 bits per heavy atom. The van der Waals surface area contributed by atoms with Gasteiger partial charge in [0.05, 0.1) is 12.8 Å². The van der Waals surface area contributed by atoms with Crippen LogP contribution < -0.4 is 20.1 Å². The molecule has 6 nitrogen and oxygen atoms in total. The van der Waals surface area contributed by atoms with Crippen LogP contribution in [-0.2, 0) is 4.79 Å². The van der Waals surface area contributed by atoms with Gasteiger partial charge in [-0.3, -0.25) is 0 Å². The van der Waals surface area contributed by atoms with Gasteiger partial charge in [0, 0.05) is 12.1 Å². The lowest BCUT2D eigenvalue weighted by molar-refractivity contribution is -0.274. The van der Waals surface area contributed by atoms with Crippen LogP contribution in [0, 0.1) is 5.92 Å². The highest BCUT2D eigenvalue weighted by atomic mass is 19.4. The van der Waals surface area contributed by atoms with Gasteiger partial charge in [0.1, 0.15) is 11.5 Å². The molecular weight excluding hydrogens is 398 g/mol. The molecule has 28 heavy (non-hydrogen) atoms. The van der Waals surface area contributed by atoms with E-state index in [1.54, 1.807) is 6.07 Å². The molecule has 2 rings (SSSR count). The second kappa shape index (κ2) is 9.71. The molecule has 1 aromatic carbocycles. The maximum Gasteiger partial charge on any atom is 0.573 e. The van der Waals surface area contributed by atoms with Gasteiger partial charge >= 0.3 is 18.5 Å². The van der Waals surface area contributed by atoms with Crippen molar-refractivity contribution >= 4 is 11.7 Å². The quantitative estimate of drug-likeness (QED) is 0.648. The molecule has 0 radical (unpaired) electrons. The van der Waals surface area contributed by atoms with Crippen LogP contribution in [0.15, 0.2) is 18.2 Å². The first kappa shape index (κ1) is 23.7. The van der Waals surface area contributed by atoms with E-state index in [1.165, 1.54) is 19.2 Å². The average Bonchev–Trinajstić information content (AvgIpc) is 2.56. The second-order valence-electron chi connectivity index (χ2n) is 5.93. The highest BCUT2D eigenvalue weighted by Crippen LogP contribution is 2.33. The lowest BCUT2D eigenvalue weighted by atomic mass is 9.95. The van der Waals surface area contributed by atoms with Crippen molar-refractivity contribution in [2.45, 2.75) is 31.9 Å². The number of carbonyl (C=O) groups is 1. The molecule has 1 aliphatic heterocycles. The number of aliphatic carboxylic acids is 1. The second-order valence-corrected chi connectivity index (χ2v) is 5.93. The number of halogens is 6. The zero-order valence-electron chi connectivity index (χ0n) is 14.9. The molecule has 0 spiro atoms. The third-order valence-electron chi connectivity index (χ3n) is 3.78. The molecule has 2 unspecified atom stereocenters. The molecule has 0 bridgehead atoms. The Kier molecular flexibility index (Phi) is 8.21. The number of nitrogens with one attached hydrogen (secondary N) is 2. The summed E-state index contributed by atoms with van der Waals surface area (Å²) in [5, 5.41) is 13.8. The Balaban J connectivity index is 0.000000480. The van der Waals surface area contributed by atoms with Crippen molar-refractivity contribution in [1.29, 1.82) is 0 Å². The lowest BCUT2D eigenvalue weighted by Crippen LogP contribution is -2.42. The molecule has 160 valence electrons. The molecule has 1 aromatic rings. The fraction of sp³-hybridized carbons (Fsp3) is 0.562. The normalized spacial score (nSPS) is 19.9. The fourth-order valence-corrected chi connectivity index (χ4v) is 2.42. The first-order chi connectivity index (χ1) is 12.8. The van der Waals surface area contributed by atoms with Crippen molar-refractivity contribution in [1.82, 2.24) is 5.32 Å². The Hall–Kier alpha value is -2.37. The minimum Gasteiger partial charge on any atom is -0.494 e. The van der Waals surface area contributed by atoms with E-state index in [9.17, 15) is 26.3 Å². The van der Waals surface area contributed by atoms with Gasteiger partial charge in [-0.1, -0.05) is 6.92 Å². The summed E-state index contributed by atoms with van der Waals surface area (Å²) in [6, 6.07) is 4.33. The van der Waals surface area contributed by atoms with Crippen LogP contribution in [0.5, 0.6) is 11.5 Å². The number of carboxylic acid groups (broad SMARTS) is 1. The number of carboxylic acids is 1. The van der Waals surface area contributed by atoms with Gasteiger partial charge in [-0.2, -0.15) is 13.2 Å². The average molecular weight is 418 g/mol. The Labute approximate surface area is 156 Å². The third-order valence-corrected chi connectivity index (χ3v) is 3.78. The first-order valence-electron chi connectivity index (χ1n) is 8.04. The number of rotatable bonds is 4. The minimum absolute atomic E-state index is 0.259. The van der Waals surface area contributed by atoms with Gasteiger partial charge in [-0.15, -0.1) is 13.2 Å². The fourth-order valence-electron chi connectivity index (χ4n) is 2.42. The van der Waals surface area contributed by atoms with E-state index < -0.39 is 18.5 Å². The van der Waals surface area contributed by atoms with Crippen molar-refractivity contribution in [3.05, 3.63) is 18.2 Å². The molecule has 0 saturated carbocycles. The van der Waals surface area contributed by atoms with Crippen LogP contribution in [-0.4, -0.2) is 49.9 Å². The molecule has 12 heteroatoms. The molecule has 2 atom stereocenters. The zero-order chi connectivity index (χ0) is 21.5. The number of methoxy groups -OCH3 is 1. The largest absolute Gasteiger partial charge is 0.573 e. The van der Waals surface area contributed by atoms with Crippen molar-refractivity contribution in [3.8, 4) is 11.5 Å². The maximum absolute atomic E-state index is 12.2. The van der Waals surface area contributed by atoms with Crippen molar-refractivity contribution in [2.24, 2.45) is 5.92 Å². The highest BCUT2D eigenvalue weighted by Gasteiger charge is 2.38. The summed E-state index contributed by atoms with van der Waals surface area (Å²) in [5.74, 6) is -2.28. The molecular formula is C16H20F6N2O4. The molecule has 0 amide bonds. The topological polar surface area (TPSA) is 79.8 Å². The van der Waals surface area contributed by atoms with Crippen LogP contribution in [0.25, 0.3) is 0 Å². The summed E-state index contributed by atoms with van der Waals surface area (Å²) < 4.78 is 77.4. The van der Waals surface area contributed by atoms with Crippen LogP contribution in [0.2, 0.25) is 0 Å². The van der Waals surface area contributed by atoms with Gasteiger partial charge in [-0.25, -0.2) is 4.79 Å².